The second-order valence-electron chi connectivity index (χ2n) is 5.11. The van der Waals surface area contributed by atoms with Gasteiger partial charge in [0.1, 0.15) is 17.4 Å². The molecule has 0 aliphatic heterocycles. The van der Waals surface area contributed by atoms with Gasteiger partial charge in [-0.3, -0.25) is 5.10 Å². The van der Waals surface area contributed by atoms with E-state index in [2.05, 4.69) is 25.5 Å². The van der Waals surface area contributed by atoms with Gasteiger partial charge >= 0.3 is 0 Å². The summed E-state index contributed by atoms with van der Waals surface area (Å²) in [6.07, 6.45) is 5.27. The first-order chi connectivity index (χ1) is 10.9. The smallest absolute Gasteiger partial charge is 0.196 e. The normalized spacial score (nSPS) is 11.3. The molecule has 0 saturated carbocycles. The van der Waals surface area contributed by atoms with Gasteiger partial charge in [-0.05, 0) is 31.0 Å². The highest BCUT2D eigenvalue weighted by atomic mass is 16.3. The number of H-pyrrole nitrogens is 1. The summed E-state index contributed by atoms with van der Waals surface area (Å²) >= 11 is 0. The Kier molecular flexibility index (Phi) is 3.19. The van der Waals surface area contributed by atoms with E-state index in [1.165, 1.54) is 0 Å². The molecule has 0 saturated heterocycles. The lowest BCUT2D eigenvalue weighted by molar-refractivity contribution is 0.666. The van der Waals surface area contributed by atoms with Crippen molar-refractivity contribution in [1.29, 1.82) is 0 Å². The van der Waals surface area contributed by atoms with Crippen LogP contribution in [0, 0.1) is 0 Å². The summed E-state index contributed by atoms with van der Waals surface area (Å²) < 4.78 is 5.88. The molecule has 0 unspecified atom stereocenters. The Balaban J connectivity index is 1.54. The number of nitrogens with one attached hydrogen (secondary N) is 2. The molecule has 6 heteroatoms. The van der Waals surface area contributed by atoms with Gasteiger partial charge in [-0.15, -0.1) is 0 Å². The van der Waals surface area contributed by atoms with Gasteiger partial charge in [-0.1, -0.05) is 12.1 Å². The zero-order valence-electron chi connectivity index (χ0n) is 11.9. The number of hydrogen-bond acceptors (Lipinski definition) is 5. The number of furan rings is 1. The first kappa shape index (κ1) is 12.8. The first-order valence-corrected chi connectivity index (χ1v) is 7.26. The van der Waals surface area contributed by atoms with E-state index in [4.69, 9.17) is 4.42 Å². The lowest BCUT2D eigenvalue weighted by Crippen LogP contribution is -2.05. The molecule has 0 aliphatic rings. The number of nitrogens with zero attached hydrogens (tertiary/aromatic N) is 3. The van der Waals surface area contributed by atoms with E-state index in [9.17, 15) is 0 Å². The van der Waals surface area contributed by atoms with E-state index < -0.39 is 0 Å². The highest BCUT2D eigenvalue weighted by Crippen LogP contribution is 2.30. The summed E-state index contributed by atoms with van der Waals surface area (Å²) in [5, 5.41) is 11.3. The zero-order chi connectivity index (χ0) is 14.8. The number of aromatic nitrogens is 4. The largest absolute Gasteiger partial charge is 0.450 e. The third-order valence-electron chi connectivity index (χ3n) is 3.63. The second-order valence-corrected chi connectivity index (χ2v) is 5.11. The standard InChI is InChI=1S/C16H15N5O/c1-2-6-13-12(5-1)14-15(22-13)16(19-10-18-14)17-8-3-4-11-7-9-20-21-11/h1-2,5-7,9-10H,3-4,8H2,(H,20,21)(H,17,18,19). The van der Waals surface area contributed by atoms with Crippen LogP contribution in [0.1, 0.15) is 12.1 Å². The molecular weight excluding hydrogens is 278 g/mol. The molecule has 110 valence electrons. The fourth-order valence-electron chi connectivity index (χ4n) is 2.56. The molecule has 0 radical (unpaired) electrons. The SMILES string of the molecule is c1ccc2c(c1)oc1c(NCCCc3ccn[nH]3)ncnc12. The van der Waals surface area contributed by atoms with E-state index in [0.717, 1.165) is 47.4 Å². The number of rotatable bonds is 5. The number of aromatic amines is 1. The molecular formula is C16H15N5O. The fraction of sp³-hybridized carbons (Fsp3) is 0.188. The van der Waals surface area contributed by atoms with Gasteiger partial charge in [0.2, 0.25) is 0 Å². The molecule has 4 aromatic rings. The Labute approximate surface area is 126 Å². The van der Waals surface area contributed by atoms with Crippen LogP contribution in [0.15, 0.2) is 47.3 Å². The molecule has 3 aromatic heterocycles. The van der Waals surface area contributed by atoms with Crippen LogP contribution < -0.4 is 5.32 Å². The Morgan fingerprint density at radius 3 is 3.00 bits per heavy atom. The summed E-state index contributed by atoms with van der Waals surface area (Å²) in [6.45, 7) is 0.808. The van der Waals surface area contributed by atoms with Crippen molar-refractivity contribution in [2.24, 2.45) is 0 Å². The molecule has 0 spiro atoms. The molecule has 6 nitrogen and oxygen atoms in total. The van der Waals surface area contributed by atoms with Crippen molar-refractivity contribution in [3.8, 4) is 0 Å². The van der Waals surface area contributed by atoms with Crippen LogP contribution in [0.2, 0.25) is 0 Å². The molecule has 0 aliphatic carbocycles. The maximum atomic E-state index is 5.88. The maximum absolute atomic E-state index is 5.88. The molecule has 4 rings (SSSR count). The summed E-state index contributed by atoms with van der Waals surface area (Å²) in [5.41, 5.74) is 3.53. The molecule has 1 aromatic carbocycles. The van der Waals surface area contributed by atoms with Crippen LogP contribution in [-0.2, 0) is 6.42 Å². The van der Waals surface area contributed by atoms with Crippen molar-refractivity contribution in [3.63, 3.8) is 0 Å². The quantitative estimate of drug-likeness (QED) is 0.553. The highest BCUT2D eigenvalue weighted by molar-refractivity contribution is 6.05. The van der Waals surface area contributed by atoms with E-state index in [1.54, 1.807) is 12.5 Å². The van der Waals surface area contributed by atoms with Gasteiger partial charge in [0.25, 0.3) is 0 Å². The lowest BCUT2D eigenvalue weighted by Gasteiger charge is -2.04. The van der Waals surface area contributed by atoms with Gasteiger partial charge in [-0.2, -0.15) is 5.10 Å². The Bertz CT molecular complexity index is 897. The van der Waals surface area contributed by atoms with E-state index in [1.807, 2.05) is 30.3 Å². The number of anilines is 1. The van der Waals surface area contributed by atoms with Crippen LogP contribution in [-0.4, -0.2) is 26.7 Å². The predicted molar refractivity (Wildman–Crippen MR) is 84.7 cm³/mol. The number of aryl methyl sites for hydroxylation is 1. The van der Waals surface area contributed by atoms with Crippen molar-refractivity contribution < 1.29 is 4.42 Å². The van der Waals surface area contributed by atoms with E-state index in [-0.39, 0.29) is 0 Å². The van der Waals surface area contributed by atoms with Crippen molar-refractivity contribution in [3.05, 3.63) is 48.5 Å². The van der Waals surface area contributed by atoms with Crippen LogP contribution in [0.3, 0.4) is 0 Å². The summed E-state index contributed by atoms with van der Waals surface area (Å²) in [5.74, 6) is 0.741. The molecule has 0 amide bonds. The highest BCUT2D eigenvalue weighted by Gasteiger charge is 2.12. The molecule has 0 bridgehead atoms. The molecule has 0 atom stereocenters. The molecule has 0 fully saturated rings. The van der Waals surface area contributed by atoms with Crippen LogP contribution in [0.4, 0.5) is 5.82 Å². The summed E-state index contributed by atoms with van der Waals surface area (Å²) in [7, 11) is 0. The van der Waals surface area contributed by atoms with Gasteiger partial charge in [0.05, 0.1) is 0 Å². The van der Waals surface area contributed by atoms with Crippen molar-refractivity contribution in [2.75, 3.05) is 11.9 Å². The summed E-state index contributed by atoms with van der Waals surface area (Å²) in [6, 6.07) is 9.88. The Morgan fingerprint density at radius 1 is 1.14 bits per heavy atom. The Hall–Kier alpha value is -2.89. The average molecular weight is 293 g/mol. The van der Waals surface area contributed by atoms with Crippen LogP contribution >= 0.6 is 0 Å². The predicted octanol–water partition coefficient (Wildman–Crippen LogP) is 3.14. The molecule has 2 N–H and O–H groups in total. The molecule has 3 heterocycles. The zero-order valence-corrected chi connectivity index (χ0v) is 11.9. The van der Waals surface area contributed by atoms with Gasteiger partial charge in [0.15, 0.2) is 11.4 Å². The van der Waals surface area contributed by atoms with Gasteiger partial charge in [-0.25, -0.2) is 9.97 Å². The third-order valence-corrected chi connectivity index (χ3v) is 3.63. The maximum Gasteiger partial charge on any atom is 0.196 e. The minimum Gasteiger partial charge on any atom is -0.450 e. The van der Waals surface area contributed by atoms with Crippen molar-refractivity contribution >= 4 is 27.9 Å². The van der Waals surface area contributed by atoms with Crippen molar-refractivity contribution in [2.45, 2.75) is 12.8 Å². The summed E-state index contributed by atoms with van der Waals surface area (Å²) in [4.78, 5) is 8.64. The number of fused-ring (bicyclic) bond motifs is 3. The minimum absolute atomic E-state index is 0.713. The van der Waals surface area contributed by atoms with Gasteiger partial charge in [0, 0.05) is 23.8 Å². The number of para-hydroxylation sites is 1. The monoisotopic (exact) mass is 293 g/mol. The minimum atomic E-state index is 0.713. The number of hydrogen-bond donors (Lipinski definition) is 2. The van der Waals surface area contributed by atoms with Crippen molar-refractivity contribution in [1.82, 2.24) is 20.2 Å². The van der Waals surface area contributed by atoms with Gasteiger partial charge < -0.3 is 9.73 Å². The van der Waals surface area contributed by atoms with E-state index in [0.29, 0.717) is 5.58 Å². The average Bonchev–Trinajstić information content (AvgIpc) is 3.19. The third kappa shape index (κ3) is 2.28. The van der Waals surface area contributed by atoms with Crippen LogP contribution in [0.25, 0.3) is 22.1 Å². The number of benzene rings is 1. The topological polar surface area (TPSA) is 79.6 Å². The Morgan fingerprint density at radius 2 is 2.09 bits per heavy atom. The molecule has 22 heavy (non-hydrogen) atoms. The first-order valence-electron chi connectivity index (χ1n) is 7.26. The fourth-order valence-corrected chi connectivity index (χ4v) is 2.56. The van der Waals surface area contributed by atoms with E-state index >= 15 is 0 Å². The van der Waals surface area contributed by atoms with Crippen LogP contribution in [0.5, 0.6) is 0 Å². The second kappa shape index (κ2) is 5.48. The lowest BCUT2D eigenvalue weighted by atomic mass is 10.2.